The number of esters is 1. The van der Waals surface area contributed by atoms with E-state index in [0.29, 0.717) is 16.4 Å². The number of amides is 1. The first-order chi connectivity index (χ1) is 13.0. The van der Waals surface area contributed by atoms with E-state index in [-0.39, 0.29) is 30.8 Å². The molecule has 154 valence electrons. The summed E-state index contributed by atoms with van der Waals surface area (Å²) in [7, 11) is 0. The van der Waals surface area contributed by atoms with Crippen LogP contribution in [-0.2, 0) is 16.0 Å². The van der Waals surface area contributed by atoms with Gasteiger partial charge in [-0.25, -0.2) is 18.4 Å². The number of hydrogen-bond acceptors (Lipinski definition) is 4. The van der Waals surface area contributed by atoms with Gasteiger partial charge in [0.15, 0.2) is 11.6 Å². The summed E-state index contributed by atoms with van der Waals surface area (Å²) < 4.78 is 40.0. The number of hydrogen-bond donors (Lipinski definition) is 1. The molecule has 2 rings (SSSR count). The Hall–Kier alpha value is -2.16. The molecule has 0 saturated carbocycles. The quantitative estimate of drug-likeness (QED) is 0.382. The van der Waals surface area contributed by atoms with Crippen LogP contribution in [0.1, 0.15) is 44.6 Å². The van der Waals surface area contributed by atoms with Crippen molar-refractivity contribution in [2.45, 2.75) is 46.3 Å². The molecule has 0 aliphatic rings. The lowest BCUT2D eigenvalue weighted by atomic mass is 10.2. The number of benzene rings is 1. The summed E-state index contributed by atoms with van der Waals surface area (Å²) in [4.78, 5) is 24.0. The highest BCUT2D eigenvalue weighted by atomic mass is 79.9. The molecule has 9 heteroatoms. The van der Waals surface area contributed by atoms with Gasteiger partial charge in [-0.05, 0) is 62.2 Å². The molecule has 0 aliphatic carbocycles. The van der Waals surface area contributed by atoms with Crippen molar-refractivity contribution in [3.63, 3.8) is 0 Å². The SMILES string of the molecule is CCOC(=O)c1cc2c(F)c(F)cc(Br)c2n1CCCNC(=O)OC(C)(C)C. The molecule has 1 amide bonds. The van der Waals surface area contributed by atoms with Gasteiger partial charge in [0.25, 0.3) is 0 Å². The summed E-state index contributed by atoms with van der Waals surface area (Å²) in [5.41, 5.74) is -0.150. The number of halogens is 3. The molecule has 0 bridgehead atoms. The topological polar surface area (TPSA) is 69.6 Å². The van der Waals surface area contributed by atoms with E-state index in [1.54, 1.807) is 32.3 Å². The second kappa shape index (κ2) is 8.89. The minimum atomic E-state index is -1.03. The highest BCUT2D eigenvalue weighted by Gasteiger charge is 2.22. The highest BCUT2D eigenvalue weighted by Crippen LogP contribution is 2.32. The number of alkyl carbamates (subject to hydrolysis) is 1. The van der Waals surface area contributed by atoms with Crippen LogP contribution in [0, 0.1) is 11.6 Å². The average Bonchev–Trinajstić information content (AvgIpc) is 2.95. The fourth-order valence-corrected chi connectivity index (χ4v) is 3.32. The van der Waals surface area contributed by atoms with Crippen LogP contribution in [-0.4, -0.2) is 35.4 Å². The Morgan fingerprint density at radius 1 is 1.25 bits per heavy atom. The van der Waals surface area contributed by atoms with E-state index in [0.717, 1.165) is 6.07 Å². The molecule has 6 nitrogen and oxygen atoms in total. The second-order valence-electron chi connectivity index (χ2n) is 7.10. The number of carbonyl (C=O) groups is 2. The summed E-state index contributed by atoms with van der Waals surface area (Å²) in [6, 6.07) is 2.29. The van der Waals surface area contributed by atoms with E-state index >= 15 is 0 Å². The van der Waals surface area contributed by atoms with Gasteiger partial charge in [0.1, 0.15) is 11.3 Å². The van der Waals surface area contributed by atoms with E-state index < -0.39 is 29.3 Å². The third kappa shape index (κ3) is 5.21. The molecular weight excluding hydrogens is 438 g/mol. The van der Waals surface area contributed by atoms with E-state index in [4.69, 9.17) is 9.47 Å². The first-order valence-electron chi connectivity index (χ1n) is 8.86. The number of fused-ring (bicyclic) bond motifs is 1. The van der Waals surface area contributed by atoms with Crippen molar-refractivity contribution in [1.82, 2.24) is 9.88 Å². The third-order valence-corrected chi connectivity index (χ3v) is 4.34. The minimum absolute atomic E-state index is 0.0185. The molecule has 1 heterocycles. The number of rotatable bonds is 6. The zero-order valence-electron chi connectivity index (χ0n) is 16.2. The van der Waals surface area contributed by atoms with Gasteiger partial charge in [-0.15, -0.1) is 0 Å². The Kier molecular flexibility index (Phi) is 7.03. The molecule has 1 N–H and O–H groups in total. The zero-order chi connectivity index (χ0) is 21.1. The van der Waals surface area contributed by atoms with Crippen LogP contribution in [0.25, 0.3) is 10.9 Å². The maximum atomic E-state index is 14.2. The first kappa shape index (κ1) is 22.1. The van der Waals surface area contributed by atoms with Gasteiger partial charge in [-0.3, -0.25) is 0 Å². The average molecular weight is 461 g/mol. The standard InChI is InChI=1S/C19H23BrF2N2O4/c1-5-27-17(25)14-9-11-15(22)13(21)10-12(20)16(11)24(14)8-6-7-23-18(26)28-19(2,3)4/h9-10H,5-8H2,1-4H3,(H,23,26). The normalized spacial score (nSPS) is 11.5. The minimum Gasteiger partial charge on any atom is -0.461 e. The van der Waals surface area contributed by atoms with Crippen molar-refractivity contribution in [2.75, 3.05) is 13.2 Å². The van der Waals surface area contributed by atoms with Gasteiger partial charge in [-0.2, -0.15) is 0 Å². The van der Waals surface area contributed by atoms with Crippen molar-refractivity contribution < 1.29 is 27.8 Å². The monoisotopic (exact) mass is 460 g/mol. The molecule has 28 heavy (non-hydrogen) atoms. The van der Waals surface area contributed by atoms with E-state index in [1.165, 1.54) is 6.07 Å². The lowest BCUT2D eigenvalue weighted by molar-refractivity contribution is 0.0503. The van der Waals surface area contributed by atoms with Gasteiger partial charge < -0.3 is 19.4 Å². The summed E-state index contributed by atoms with van der Waals surface area (Å²) in [5, 5.41) is 2.60. The molecule has 0 aliphatic heterocycles. The van der Waals surface area contributed by atoms with Crippen molar-refractivity contribution in [3.8, 4) is 0 Å². The summed E-state index contributed by atoms with van der Waals surface area (Å²) in [6.07, 6.45) is -0.120. The molecule has 0 fully saturated rings. The van der Waals surface area contributed by atoms with Crippen molar-refractivity contribution in [1.29, 1.82) is 0 Å². The van der Waals surface area contributed by atoms with Gasteiger partial charge in [0.2, 0.25) is 0 Å². The molecule has 1 aromatic heterocycles. The molecule has 0 unspecified atom stereocenters. The Morgan fingerprint density at radius 3 is 2.54 bits per heavy atom. The Balaban J connectivity index is 2.24. The summed E-state index contributed by atoms with van der Waals surface area (Å²) in [5.74, 6) is -2.68. The number of aryl methyl sites for hydroxylation is 1. The summed E-state index contributed by atoms with van der Waals surface area (Å²) in [6.45, 7) is 7.64. The van der Waals surface area contributed by atoms with E-state index in [2.05, 4.69) is 21.2 Å². The predicted octanol–water partition coefficient (Wildman–Crippen LogP) is 4.77. The smallest absolute Gasteiger partial charge is 0.407 e. The van der Waals surface area contributed by atoms with E-state index in [9.17, 15) is 18.4 Å². The molecule has 1 aromatic carbocycles. The fourth-order valence-electron chi connectivity index (χ4n) is 2.69. The molecular formula is C19H23BrF2N2O4. The Bertz CT molecular complexity index is 890. The number of carbonyl (C=O) groups excluding carboxylic acids is 2. The number of ether oxygens (including phenoxy) is 2. The second-order valence-corrected chi connectivity index (χ2v) is 7.95. The Labute approximate surface area is 170 Å². The third-order valence-electron chi connectivity index (χ3n) is 3.73. The number of aromatic nitrogens is 1. The van der Waals surface area contributed by atoms with Gasteiger partial charge in [-0.1, -0.05) is 0 Å². The number of nitrogens with one attached hydrogen (secondary N) is 1. The predicted molar refractivity (Wildman–Crippen MR) is 104 cm³/mol. The molecule has 0 saturated heterocycles. The number of nitrogens with zero attached hydrogens (tertiary/aromatic N) is 1. The van der Waals surface area contributed by atoms with E-state index in [1.807, 2.05) is 0 Å². The lowest BCUT2D eigenvalue weighted by Gasteiger charge is -2.19. The van der Waals surface area contributed by atoms with Crippen molar-refractivity contribution in [3.05, 3.63) is 33.9 Å². The van der Waals surface area contributed by atoms with Crippen LogP contribution >= 0.6 is 15.9 Å². The van der Waals surface area contributed by atoms with Gasteiger partial charge >= 0.3 is 12.1 Å². The summed E-state index contributed by atoms with van der Waals surface area (Å²) >= 11 is 3.23. The van der Waals surface area contributed by atoms with Crippen LogP contribution < -0.4 is 5.32 Å². The van der Waals surface area contributed by atoms with Crippen LogP contribution in [0.3, 0.4) is 0 Å². The molecule has 2 aromatic rings. The fraction of sp³-hybridized carbons (Fsp3) is 0.474. The van der Waals surface area contributed by atoms with Gasteiger partial charge in [0.05, 0.1) is 12.1 Å². The van der Waals surface area contributed by atoms with Crippen molar-refractivity contribution >= 4 is 38.9 Å². The van der Waals surface area contributed by atoms with Crippen LogP contribution in [0.15, 0.2) is 16.6 Å². The lowest BCUT2D eigenvalue weighted by Crippen LogP contribution is -2.33. The zero-order valence-corrected chi connectivity index (χ0v) is 17.8. The maximum absolute atomic E-state index is 14.2. The highest BCUT2D eigenvalue weighted by molar-refractivity contribution is 9.10. The van der Waals surface area contributed by atoms with Crippen LogP contribution in [0.4, 0.5) is 13.6 Å². The largest absolute Gasteiger partial charge is 0.461 e. The Morgan fingerprint density at radius 2 is 1.93 bits per heavy atom. The van der Waals surface area contributed by atoms with Crippen molar-refractivity contribution in [2.24, 2.45) is 0 Å². The van der Waals surface area contributed by atoms with Gasteiger partial charge in [0, 0.05) is 22.9 Å². The van der Waals surface area contributed by atoms with Crippen LogP contribution in [0.5, 0.6) is 0 Å². The molecule has 0 atom stereocenters. The molecule has 0 radical (unpaired) electrons. The van der Waals surface area contributed by atoms with Crippen LogP contribution in [0.2, 0.25) is 0 Å². The maximum Gasteiger partial charge on any atom is 0.407 e. The molecule has 0 spiro atoms. The first-order valence-corrected chi connectivity index (χ1v) is 9.65.